The third-order valence-electron chi connectivity index (χ3n) is 14.3. The molecule has 0 fully saturated rings. The average Bonchev–Trinajstić information content (AvgIpc) is 3.49. The van der Waals surface area contributed by atoms with Gasteiger partial charge in [0.05, 0.1) is 0 Å². The molecule has 0 aromatic heterocycles. The van der Waals surface area contributed by atoms with Crippen molar-refractivity contribution in [2.45, 2.75) is 309 Å². The predicted molar refractivity (Wildman–Crippen MR) is 362 cm³/mol. The molecule has 0 N–H and O–H groups in total. The molecule has 0 spiro atoms. The Morgan fingerprint density at radius 3 is 0.747 bits per heavy atom. The molecule has 1 unspecified atom stereocenters. The van der Waals surface area contributed by atoms with Gasteiger partial charge >= 0.3 is 17.9 Å². The summed E-state index contributed by atoms with van der Waals surface area (Å²) in [7, 11) is 0. The predicted octanol–water partition coefficient (Wildman–Crippen LogP) is 23.9. The SMILES string of the molecule is CC/C=C\C/C=C\C/C=C\C/C=C\C/C=C\C/C=C\CCCCCCCCCCCCC(=O)OCC(COC(=O)CCCCCCC/C=C\CCCCCC)OC(=O)CCCCCCCCC/C=C\C/C=C\C/C=C\C/C=C\C/C=C\CC. The zero-order valence-electron chi connectivity index (χ0n) is 53.9. The molecule has 0 aromatic rings. The van der Waals surface area contributed by atoms with Gasteiger partial charge in [-0.05, 0) is 141 Å². The molecule has 0 aliphatic carbocycles. The number of carbonyl (C=O) groups is 3. The molecular weight excluding hydrogens is 1020 g/mol. The van der Waals surface area contributed by atoms with Crippen LogP contribution in [0.15, 0.2) is 146 Å². The van der Waals surface area contributed by atoms with Crippen molar-refractivity contribution in [3.63, 3.8) is 0 Å². The Bertz CT molecular complexity index is 1800. The van der Waals surface area contributed by atoms with Gasteiger partial charge in [0.15, 0.2) is 6.10 Å². The molecule has 0 aliphatic heterocycles. The van der Waals surface area contributed by atoms with E-state index in [0.717, 1.165) is 141 Å². The molecular formula is C77H126O6. The number of allylic oxidation sites excluding steroid dienone is 24. The average molecular weight is 1150 g/mol. The fourth-order valence-electron chi connectivity index (χ4n) is 9.23. The molecule has 6 nitrogen and oxygen atoms in total. The molecule has 83 heavy (non-hydrogen) atoms. The fourth-order valence-corrected chi connectivity index (χ4v) is 9.23. The normalized spacial score (nSPS) is 13.0. The van der Waals surface area contributed by atoms with Gasteiger partial charge in [-0.15, -0.1) is 0 Å². The highest BCUT2D eigenvalue weighted by Gasteiger charge is 2.19. The largest absolute Gasteiger partial charge is 0.462 e. The van der Waals surface area contributed by atoms with Gasteiger partial charge in [0.2, 0.25) is 0 Å². The van der Waals surface area contributed by atoms with Crippen LogP contribution < -0.4 is 0 Å². The topological polar surface area (TPSA) is 78.9 Å². The molecule has 0 rings (SSSR count). The van der Waals surface area contributed by atoms with Crippen LogP contribution in [0.4, 0.5) is 0 Å². The molecule has 0 bridgehead atoms. The Balaban J connectivity index is 4.35. The Hall–Kier alpha value is -4.71. The number of rotatable bonds is 61. The van der Waals surface area contributed by atoms with Crippen molar-refractivity contribution < 1.29 is 28.6 Å². The van der Waals surface area contributed by atoms with E-state index in [9.17, 15) is 14.4 Å². The number of hydrogen-bond donors (Lipinski definition) is 0. The van der Waals surface area contributed by atoms with Crippen LogP contribution in [-0.4, -0.2) is 37.2 Å². The lowest BCUT2D eigenvalue weighted by molar-refractivity contribution is -0.167. The Morgan fingerprint density at radius 1 is 0.253 bits per heavy atom. The van der Waals surface area contributed by atoms with E-state index in [1.807, 2.05) is 0 Å². The minimum atomic E-state index is -0.797. The van der Waals surface area contributed by atoms with Gasteiger partial charge in [-0.1, -0.05) is 289 Å². The Labute approximate surface area is 512 Å². The first-order valence-corrected chi connectivity index (χ1v) is 34.3. The van der Waals surface area contributed by atoms with Gasteiger partial charge in [0.25, 0.3) is 0 Å². The molecule has 0 amide bonds. The lowest BCUT2D eigenvalue weighted by Crippen LogP contribution is -2.30. The van der Waals surface area contributed by atoms with E-state index < -0.39 is 6.10 Å². The summed E-state index contributed by atoms with van der Waals surface area (Å²) in [5.41, 5.74) is 0. The van der Waals surface area contributed by atoms with E-state index in [2.05, 4.69) is 167 Å². The first kappa shape index (κ1) is 78.3. The fraction of sp³-hybridized carbons (Fsp3) is 0.649. The van der Waals surface area contributed by atoms with Crippen molar-refractivity contribution in [2.24, 2.45) is 0 Å². The molecule has 0 heterocycles. The van der Waals surface area contributed by atoms with E-state index in [-0.39, 0.29) is 31.1 Å². The number of hydrogen-bond acceptors (Lipinski definition) is 6. The quantitative estimate of drug-likeness (QED) is 0.0261. The maximum Gasteiger partial charge on any atom is 0.306 e. The van der Waals surface area contributed by atoms with Gasteiger partial charge in [-0.2, -0.15) is 0 Å². The van der Waals surface area contributed by atoms with E-state index in [0.29, 0.717) is 19.3 Å². The standard InChI is InChI=1S/C77H126O6/c1-4-7-10-13-16-19-22-25-27-29-31-33-35-36-37-38-39-40-42-43-45-47-49-52-55-58-61-64-67-70-76(79)82-73-74(72-81-75(78)69-66-63-60-57-54-51-24-21-18-15-12-9-6-3)83-77(80)71-68-65-62-59-56-53-50-48-46-44-41-34-32-30-28-26-23-20-17-14-11-8-5-2/h7-8,10-11,16-17,19-21,24-28,31-34,36-37,39-40,44,46,74H,4-6,9,12-15,18,22-23,29-30,35,38,41-43,45,47-73H2,1-3H3/b10-7-,11-8-,19-16-,20-17-,24-21-,27-25-,28-26-,33-31-,34-32-,37-36-,40-39-,46-44-. The van der Waals surface area contributed by atoms with Crippen LogP contribution in [0.25, 0.3) is 0 Å². The first-order valence-electron chi connectivity index (χ1n) is 34.3. The molecule has 0 aliphatic rings. The van der Waals surface area contributed by atoms with Crippen LogP contribution in [0.3, 0.4) is 0 Å². The Morgan fingerprint density at radius 2 is 0.470 bits per heavy atom. The number of unbranched alkanes of at least 4 members (excludes halogenated alkanes) is 26. The third kappa shape index (κ3) is 68.0. The van der Waals surface area contributed by atoms with Crippen LogP contribution in [0.5, 0.6) is 0 Å². The van der Waals surface area contributed by atoms with Crippen molar-refractivity contribution >= 4 is 17.9 Å². The second-order valence-corrected chi connectivity index (χ2v) is 22.3. The lowest BCUT2D eigenvalue weighted by atomic mass is 10.1. The number of esters is 3. The third-order valence-corrected chi connectivity index (χ3v) is 14.3. The smallest absolute Gasteiger partial charge is 0.306 e. The summed E-state index contributed by atoms with van der Waals surface area (Å²) in [6, 6.07) is 0. The summed E-state index contributed by atoms with van der Waals surface area (Å²) in [4.78, 5) is 38.4. The molecule has 0 saturated carbocycles. The maximum absolute atomic E-state index is 12.9. The monoisotopic (exact) mass is 1150 g/mol. The second-order valence-electron chi connectivity index (χ2n) is 22.3. The van der Waals surface area contributed by atoms with Crippen molar-refractivity contribution in [1.29, 1.82) is 0 Å². The number of carbonyl (C=O) groups excluding carboxylic acids is 3. The molecule has 470 valence electrons. The number of ether oxygens (including phenoxy) is 3. The lowest BCUT2D eigenvalue weighted by Gasteiger charge is -2.18. The zero-order valence-corrected chi connectivity index (χ0v) is 53.9. The molecule has 6 heteroatoms. The van der Waals surface area contributed by atoms with E-state index in [1.54, 1.807) is 0 Å². The van der Waals surface area contributed by atoms with Gasteiger partial charge in [0.1, 0.15) is 13.2 Å². The summed E-state index contributed by atoms with van der Waals surface area (Å²) < 4.78 is 16.9. The van der Waals surface area contributed by atoms with Crippen LogP contribution in [0.1, 0.15) is 303 Å². The van der Waals surface area contributed by atoms with Crippen LogP contribution in [0, 0.1) is 0 Å². The Kier molecular flexibility index (Phi) is 65.8. The van der Waals surface area contributed by atoms with Gasteiger partial charge in [-0.25, -0.2) is 0 Å². The molecule has 1 atom stereocenters. The minimum absolute atomic E-state index is 0.0912. The van der Waals surface area contributed by atoms with Crippen molar-refractivity contribution in [3.8, 4) is 0 Å². The summed E-state index contributed by atoms with van der Waals surface area (Å²) in [5, 5.41) is 0. The summed E-state index contributed by atoms with van der Waals surface area (Å²) in [6.07, 6.45) is 100.0. The van der Waals surface area contributed by atoms with Gasteiger partial charge in [-0.3, -0.25) is 14.4 Å². The summed E-state index contributed by atoms with van der Waals surface area (Å²) in [5.74, 6) is -0.911. The maximum atomic E-state index is 12.9. The van der Waals surface area contributed by atoms with Crippen LogP contribution >= 0.6 is 0 Å². The van der Waals surface area contributed by atoms with Gasteiger partial charge in [0, 0.05) is 19.3 Å². The molecule has 0 radical (unpaired) electrons. The highest BCUT2D eigenvalue weighted by atomic mass is 16.6. The minimum Gasteiger partial charge on any atom is -0.462 e. The van der Waals surface area contributed by atoms with Crippen LogP contribution in [0.2, 0.25) is 0 Å². The highest BCUT2D eigenvalue weighted by Crippen LogP contribution is 2.16. The molecule has 0 aromatic carbocycles. The van der Waals surface area contributed by atoms with Crippen molar-refractivity contribution in [2.75, 3.05) is 13.2 Å². The second kappa shape index (κ2) is 69.8. The van der Waals surface area contributed by atoms with Gasteiger partial charge < -0.3 is 14.2 Å². The van der Waals surface area contributed by atoms with Crippen molar-refractivity contribution in [3.05, 3.63) is 146 Å². The zero-order chi connectivity index (χ0) is 59.9. The van der Waals surface area contributed by atoms with E-state index in [1.165, 1.54) is 122 Å². The van der Waals surface area contributed by atoms with Crippen molar-refractivity contribution in [1.82, 2.24) is 0 Å². The summed E-state index contributed by atoms with van der Waals surface area (Å²) in [6.45, 7) is 6.39. The molecule has 0 saturated heterocycles. The summed E-state index contributed by atoms with van der Waals surface area (Å²) >= 11 is 0. The van der Waals surface area contributed by atoms with Crippen LogP contribution in [-0.2, 0) is 28.6 Å². The van der Waals surface area contributed by atoms with E-state index >= 15 is 0 Å². The first-order chi connectivity index (χ1) is 41.0. The van der Waals surface area contributed by atoms with E-state index in [4.69, 9.17) is 14.2 Å². The highest BCUT2D eigenvalue weighted by molar-refractivity contribution is 5.71.